The Kier molecular flexibility index (Phi) is 15.2. The van der Waals surface area contributed by atoms with Crippen molar-refractivity contribution < 1.29 is 57.2 Å². The van der Waals surface area contributed by atoms with Gasteiger partial charge in [0.05, 0.1) is 7.11 Å². The van der Waals surface area contributed by atoms with Gasteiger partial charge in [-0.25, -0.2) is 9.78 Å². The molecule has 2 amide bonds. The summed E-state index contributed by atoms with van der Waals surface area (Å²) in [4.78, 5) is 53.9. The highest BCUT2D eigenvalue weighted by molar-refractivity contribution is 8.00. The lowest BCUT2D eigenvalue weighted by Crippen LogP contribution is -3.00. The Morgan fingerprint density at radius 2 is 1.55 bits per heavy atom. The molecule has 15 heteroatoms. The number of esters is 1. The van der Waals surface area contributed by atoms with Crippen molar-refractivity contribution in [1.82, 2.24) is 15.2 Å². The van der Waals surface area contributed by atoms with Crippen LogP contribution in [0, 0.1) is 0 Å². The van der Waals surface area contributed by atoms with Crippen LogP contribution < -0.4 is 43.9 Å². The highest BCUT2D eigenvalue weighted by Crippen LogP contribution is 2.43. The van der Waals surface area contributed by atoms with Crippen molar-refractivity contribution in [3.63, 3.8) is 0 Å². The van der Waals surface area contributed by atoms with Gasteiger partial charge in [-0.05, 0) is 71.4 Å². The maximum Gasteiger partial charge on any atom is 0.355 e. The molecule has 0 saturated carbocycles. The Hall–Kier alpha value is -6.30. The number of aromatic nitrogens is 2. The first-order valence-electron chi connectivity index (χ1n) is 21.8. The summed E-state index contributed by atoms with van der Waals surface area (Å²) in [5.41, 5.74) is 6.81. The van der Waals surface area contributed by atoms with E-state index in [4.69, 9.17) is 19.3 Å². The lowest BCUT2D eigenvalue weighted by Gasteiger charge is -2.49. The van der Waals surface area contributed by atoms with Gasteiger partial charge in [-0.15, -0.1) is 23.1 Å². The highest BCUT2D eigenvalue weighted by Gasteiger charge is 2.54. The van der Waals surface area contributed by atoms with Crippen LogP contribution in [-0.4, -0.2) is 64.8 Å². The molecule has 6 aromatic rings. The molecule has 1 fully saturated rings. The van der Waals surface area contributed by atoms with Crippen LogP contribution in [0.1, 0.15) is 52.0 Å². The molecule has 0 unspecified atom stereocenters. The van der Waals surface area contributed by atoms with Gasteiger partial charge in [-0.1, -0.05) is 114 Å². The minimum absolute atomic E-state index is 0. The molecule has 342 valence electrons. The molecule has 67 heavy (non-hydrogen) atoms. The van der Waals surface area contributed by atoms with E-state index in [0.29, 0.717) is 29.6 Å². The number of β-lactam (4-membered cyclic amide) rings is 1. The van der Waals surface area contributed by atoms with Gasteiger partial charge in [0.2, 0.25) is 0 Å². The number of thiazole rings is 1. The molecule has 0 radical (unpaired) electrons. The van der Waals surface area contributed by atoms with Crippen molar-refractivity contribution in [3.8, 4) is 5.75 Å². The van der Waals surface area contributed by atoms with Gasteiger partial charge in [0.1, 0.15) is 47.8 Å². The number of halogens is 1. The molecule has 3 aliphatic rings. The summed E-state index contributed by atoms with van der Waals surface area (Å²) in [6.07, 6.45) is 10.0. The van der Waals surface area contributed by atoms with Gasteiger partial charge >= 0.3 is 5.97 Å². The second kappa shape index (κ2) is 21.6. The molecule has 1 saturated heterocycles. The van der Waals surface area contributed by atoms with E-state index in [1.807, 2.05) is 72.8 Å². The Morgan fingerprint density at radius 1 is 0.881 bits per heavy atom. The van der Waals surface area contributed by atoms with E-state index in [9.17, 15) is 14.4 Å². The predicted molar refractivity (Wildman–Crippen MR) is 256 cm³/mol. The summed E-state index contributed by atoms with van der Waals surface area (Å²) in [6, 6.07) is 41.0. The van der Waals surface area contributed by atoms with E-state index in [2.05, 4.69) is 81.2 Å². The monoisotopic (exact) mass is 1040 g/mol. The minimum Gasteiger partial charge on any atom is -1.00 e. The van der Waals surface area contributed by atoms with Crippen molar-refractivity contribution in [2.45, 2.75) is 55.8 Å². The third kappa shape index (κ3) is 9.90. The molecule has 2 N–H and O–H groups in total. The first-order chi connectivity index (χ1) is 32.4. The molecule has 1 aliphatic carbocycles. The molecular weight excluding hydrogens is 996 g/mol. The number of nitrogens with one attached hydrogen (secondary N) is 2. The van der Waals surface area contributed by atoms with Crippen LogP contribution in [0.3, 0.4) is 0 Å². The number of methoxy groups -OCH3 is 1. The number of anilines is 1. The smallest absolute Gasteiger partial charge is 0.355 e. The number of allylic oxidation sites excluding steroid dienone is 2. The molecule has 9 rings (SSSR count). The van der Waals surface area contributed by atoms with Crippen LogP contribution in [0.15, 0.2) is 168 Å². The summed E-state index contributed by atoms with van der Waals surface area (Å²) in [7, 11) is 2.94. The van der Waals surface area contributed by atoms with Gasteiger partial charge in [-0.2, -0.15) is 4.57 Å². The maximum atomic E-state index is 14.2. The van der Waals surface area contributed by atoms with Gasteiger partial charge in [0, 0.05) is 29.2 Å². The Morgan fingerprint density at radius 3 is 2.19 bits per heavy atom. The zero-order valence-corrected chi connectivity index (χ0v) is 40.8. The second-order valence-corrected chi connectivity index (χ2v) is 18.0. The number of fused-ring (bicyclic) bond motifs is 2. The normalized spacial score (nSPS) is 16.7. The fourth-order valence-electron chi connectivity index (χ4n) is 8.85. The number of hydrogen-bond donors (Lipinski definition) is 2. The van der Waals surface area contributed by atoms with Crippen LogP contribution in [0.25, 0.3) is 0 Å². The molecule has 2 aliphatic heterocycles. The van der Waals surface area contributed by atoms with E-state index in [0.717, 1.165) is 47.1 Å². The number of carbonyl (C=O) groups excluding carboxylic acids is 3. The van der Waals surface area contributed by atoms with E-state index >= 15 is 0 Å². The van der Waals surface area contributed by atoms with Gasteiger partial charge in [0.25, 0.3) is 11.8 Å². The molecule has 2 aromatic heterocycles. The Balaban J connectivity index is 0.00000608. The molecule has 0 spiro atoms. The summed E-state index contributed by atoms with van der Waals surface area (Å²) in [5, 5.41) is 12.5. The fraction of sp³-hybridized carbons (Fsp3) is 0.231. The number of hydrogen-bond acceptors (Lipinski definition) is 11. The number of ether oxygens (including phenoxy) is 2. The van der Waals surface area contributed by atoms with Crippen LogP contribution in [0.4, 0.5) is 5.13 Å². The van der Waals surface area contributed by atoms with Gasteiger partial charge in [0.15, 0.2) is 29.3 Å². The summed E-state index contributed by atoms with van der Waals surface area (Å²) in [6.45, 7) is 0.714. The molecule has 2 atom stereocenters. The first kappa shape index (κ1) is 47.2. The summed E-state index contributed by atoms with van der Waals surface area (Å²) >= 11 is 2.81. The average Bonchev–Trinajstić information content (AvgIpc) is 4.06. The number of amides is 2. The lowest BCUT2D eigenvalue weighted by atomic mass is 9.77. The topological polar surface area (TPSA) is 135 Å². The standard InChI is InChI=1S/C52H48N6O6S2.HI/c1-62-41-28-26-35(27-29-41)32-64-50(61)46-37(16-12-13-30-57-31-15-18-36-17-14-25-43(36)57)33-65-49-45(48(60)58(46)49)54-47(59)44(56-63-2)42-34-66-51(53-42)55-52(38-19-6-3-7-20-38,39-21-8-4-9-22-39)40-23-10-5-11-24-40;/h3-13,15,18-24,26-29,31,34,45,49H,14,16-17,25,30,32-33H2,1-2H3,(H-,53,54,55,59);1H/b13-12-,56-44-;/t45-,49-;/m1./s1. The number of pyridine rings is 1. The molecule has 0 bridgehead atoms. The second-order valence-electron chi connectivity index (χ2n) is 16.0. The van der Waals surface area contributed by atoms with Crippen molar-refractivity contribution in [2.75, 3.05) is 25.3 Å². The van der Waals surface area contributed by atoms with Crippen LogP contribution in [-0.2, 0) is 55.5 Å². The van der Waals surface area contributed by atoms with Crippen LogP contribution >= 0.6 is 23.1 Å². The number of oxime groups is 1. The molecular formula is C52H49IN6O6S2. The Bertz CT molecular complexity index is 2710. The Labute approximate surface area is 415 Å². The maximum absolute atomic E-state index is 14.2. The number of carbonyl (C=O) groups is 3. The average molecular weight is 1050 g/mol. The molecule has 4 heterocycles. The minimum atomic E-state index is -0.944. The third-order valence-electron chi connectivity index (χ3n) is 12.1. The van der Waals surface area contributed by atoms with Gasteiger partial charge < -0.3 is 48.9 Å². The van der Waals surface area contributed by atoms with E-state index in [-0.39, 0.29) is 47.7 Å². The SMILES string of the molecule is CO/N=C(\C(=O)N[C@@H]1C(=O)N2C(C(=O)OCc3ccc(OC)cc3)=C(C/C=C\C[n+]3cccc4c3CCC4)CS[C@H]12)c1csc(NC(c2ccccc2)(c2ccccc2)c2ccccc2)n1.[I-]. The van der Waals surface area contributed by atoms with Gasteiger partial charge in [-0.3, -0.25) is 14.5 Å². The number of thioether (sulfide) groups is 1. The van der Waals surface area contributed by atoms with E-state index in [1.165, 1.54) is 46.4 Å². The van der Waals surface area contributed by atoms with Crippen molar-refractivity contribution in [3.05, 3.63) is 202 Å². The predicted octanol–water partition coefficient (Wildman–Crippen LogP) is 4.73. The highest BCUT2D eigenvalue weighted by atomic mass is 127. The van der Waals surface area contributed by atoms with E-state index in [1.54, 1.807) is 24.6 Å². The number of benzene rings is 4. The number of nitrogens with zero attached hydrogens (tertiary/aromatic N) is 4. The van der Waals surface area contributed by atoms with Crippen LogP contribution in [0.2, 0.25) is 0 Å². The number of aryl methyl sites for hydroxylation is 1. The van der Waals surface area contributed by atoms with Crippen molar-refractivity contribution in [1.29, 1.82) is 0 Å². The van der Waals surface area contributed by atoms with E-state index < -0.39 is 34.7 Å². The fourth-order valence-corrected chi connectivity index (χ4v) is 11.0. The zero-order chi connectivity index (χ0) is 45.5. The quantitative estimate of drug-likeness (QED) is 0.0195. The first-order valence-corrected chi connectivity index (χ1v) is 23.8. The molecule has 4 aromatic carbocycles. The summed E-state index contributed by atoms with van der Waals surface area (Å²) < 4.78 is 13.4. The van der Waals surface area contributed by atoms with Crippen molar-refractivity contribution in [2.24, 2.45) is 5.16 Å². The largest absolute Gasteiger partial charge is 1.00 e. The lowest BCUT2D eigenvalue weighted by molar-refractivity contribution is -0.694. The van der Waals surface area contributed by atoms with Crippen LogP contribution in [0.5, 0.6) is 5.75 Å². The molecule has 12 nitrogen and oxygen atoms in total. The number of rotatable bonds is 17. The zero-order valence-electron chi connectivity index (χ0n) is 37.0. The third-order valence-corrected chi connectivity index (χ3v) is 14.2. The van der Waals surface area contributed by atoms with Crippen molar-refractivity contribution >= 4 is 51.7 Å². The summed E-state index contributed by atoms with van der Waals surface area (Å²) in [5.74, 6) is -0.523.